The highest BCUT2D eigenvalue weighted by atomic mass is 15.6. The number of hydrazine groups is 2. The Morgan fingerprint density at radius 3 is 2.08 bits per heavy atom. The fourth-order valence-electron chi connectivity index (χ4n) is 2.72. The van der Waals surface area contributed by atoms with E-state index in [9.17, 15) is 0 Å². The molecule has 0 aliphatic heterocycles. The molecule has 7 N–H and O–H groups in total. The summed E-state index contributed by atoms with van der Waals surface area (Å²) in [5.74, 6) is 6.14. The van der Waals surface area contributed by atoms with Crippen LogP contribution >= 0.6 is 0 Å². The van der Waals surface area contributed by atoms with Gasteiger partial charge in [-0.1, -0.05) is 66.7 Å². The first kappa shape index (κ1) is 16.5. The van der Waals surface area contributed by atoms with E-state index in [-0.39, 0.29) is 0 Å². The van der Waals surface area contributed by atoms with Crippen LogP contribution in [0.3, 0.4) is 0 Å². The predicted molar refractivity (Wildman–Crippen MR) is 102 cm³/mol. The van der Waals surface area contributed by atoms with E-state index in [0.29, 0.717) is 18.1 Å². The lowest BCUT2D eigenvalue weighted by atomic mass is 10.0. The van der Waals surface area contributed by atoms with Gasteiger partial charge >= 0.3 is 5.84 Å². The van der Waals surface area contributed by atoms with Gasteiger partial charge < -0.3 is 5.73 Å². The van der Waals surface area contributed by atoms with Crippen LogP contribution in [-0.2, 0) is 6.54 Å². The molecule has 0 aliphatic rings. The van der Waals surface area contributed by atoms with Gasteiger partial charge in [0.15, 0.2) is 0 Å². The Bertz CT molecular complexity index is 873. The second kappa shape index (κ2) is 7.51. The fourth-order valence-corrected chi connectivity index (χ4v) is 2.72. The highest BCUT2D eigenvalue weighted by Gasteiger charge is 2.15. The molecule has 3 aromatic carbocycles. The van der Waals surface area contributed by atoms with E-state index in [4.69, 9.17) is 17.3 Å². The van der Waals surface area contributed by atoms with Gasteiger partial charge in [0.2, 0.25) is 0 Å². The molecule has 0 aromatic heterocycles. The van der Waals surface area contributed by atoms with Gasteiger partial charge in [-0.15, -0.1) is 4.68 Å². The molecule has 3 aromatic rings. The van der Waals surface area contributed by atoms with Gasteiger partial charge in [0.05, 0.1) is 5.56 Å². The van der Waals surface area contributed by atoms with Crippen LogP contribution in [0.2, 0.25) is 0 Å². The lowest BCUT2D eigenvalue weighted by Crippen LogP contribution is -2.42. The number of rotatable bonds is 5. The highest BCUT2D eigenvalue weighted by Crippen LogP contribution is 2.23. The number of nitrogens with zero attached hydrogens (tertiary/aromatic N) is 1. The lowest BCUT2D eigenvalue weighted by Gasteiger charge is -2.11. The quantitative estimate of drug-likeness (QED) is 0.144. The normalized spacial score (nSPS) is 11.7. The minimum absolute atomic E-state index is 0.475. The molecule has 0 amide bonds. The summed E-state index contributed by atoms with van der Waals surface area (Å²) in [6.45, 7) is 0.531. The van der Waals surface area contributed by atoms with Crippen molar-refractivity contribution in [3.05, 3.63) is 90.0 Å². The standard InChI is InChI=1S/C20H21N5/c21-19-13-17(16-9-5-2-6-10-16)11-12-18(19)20(22)25(24-23)14-15-7-3-1-4-8-15/h1-13,24H,14,23H2,(H3,21,22)/p+1. The number of nitrogens with two attached hydrogens (primary N) is 3. The predicted octanol–water partition coefficient (Wildman–Crippen LogP) is 2.23. The maximum absolute atomic E-state index is 6.31. The average Bonchev–Trinajstić information content (AvgIpc) is 2.67. The minimum atomic E-state index is 0.475. The number of hydrogen-bond donors (Lipinski definition) is 4. The summed E-state index contributed by atoms with van der Waals surface area (Å²) in [5, 5.41) is 0. The van der Waals surface area contributed by atoms with Crippen molar-refractivity contribution in [3.8, 4) is 11.1 Å². The zero-order chi connectivity index (χ0) is 17.6. The summed E-state index contributed by atoms with van der Waals surface area (Å²) in [4.78, 5) is 0. The molecular formula is C20H22N5+. The second-order valence-electron chi connectivity index (χ2n) is 5.75. The van der Waals surface area contributed by atoms with Gasteiger partial charge in [0, 0.05) is 5.69 Å². The summed E-state index contributed by atoms with van der Waals surface area (Å²) in [7, 11) is 0. The van der Waals surface area contributed by atoms with E-state index >= 15 is 0 Å². The van der Waals surface area contributed by atoms with Crippen molar-refractivity contribution < 1.29 is 4.68 Å². The summed E-state index contributed by atoms with van der Waals surface area (Å²) in [6.07, 6.45) is 0. The SMILES string of the molecule is NN/[N+](Cc1ccccc1)=C(\N)c1ccc(-c2ccccc2)cc1N. The van der Waals surface area contributed by atoms with Gasteiger partial charge in [0.1, 0.15) is 6.54 Å². The van der Waals surface area contributed by atoms with Crippen LogP contribution in [0.4, 0.5) is 5.69 Å². The fraction of sp³-hybridized carbons (Fsp3) is 0.0500. The molecule has 0 spiro atoms. The molecule has 0 heterocycles. The van der Waals surface area contributed by atoms with E-state index in [1.54, 1.807) is 4.68 Å². The Morgan fingerprint density at radius 1 is 0.840 bits per heavy atom. The van der Waals surface area contributed by atoms with Gasteiger partial charge in [-0.25, -0.2) is 5.84 Å². The number of benzene rings is 3. The third-order valence-corrected chi connectivity index (χ3v) is 4.06. The van der Waals surface area contributed by atoms with Crippen molar-refractivity contribution in [2.24, 2.45) is 11.6 Å². The maximum Gasteiger partial charge on any atom is 0.301 e. The van der Waals surface area contributed by atoms with Crippen molar-refractivity contribution in [2.75, 3.05) is 5.73 Å². The molecule has 0 atom stereocenters. The first-order chi connectivity index (χ1) is 12.2. The molecule has 5 nitrogen and oxygen atoms in total. The van der Waals surface area contributed by atoms with E-state index in [1.165, 1.54) is 0 Å². The van der Waals surface area contributed by atoms with Gasteiger partial charge in [-0.3, -0.25) is 5.73 Å². The molecule has 0 unspecified atom stereocenters. The average molecular weight is 332 g/mol. The molecule has 0 fully saturated rings. The Morgan fingerprint density at radius 2 is 1.48 bits per heavy atom. The zero-order valence-corrected chi connectivity index (χ0v) is 13.9. The van der Waals surface area contributed by atoms with Crippen LogP contribution in [0.1, 0.15) is 11.1 Å². The van der Waals surface area contributed by atoms with Crippen molar-refractivity contribution in [1.29, 1.82) is 0 Å². The molecule has 126 valence electrons. The summed E-state index contributed by atoms with van der Waals surface area (Å²) in [6, 6.07) is 25.9. The Kier molecular flexibility index (Phi) is 4.97. The lowest BCUT2D eigenvalue weighted by molar-refractivity contribution is -0.604. The third kappa shape index (κ3) is 3.79. The summed E-state index contributed by atoms with van der Waals surface area (Å²) >= 11 is 0. The minimum Gasteiger partial charge on any atom is -0.398 e. The number of nitrogens with one attached hydrogen (secondary N) is 1. The monoisotopic (exact) mass is 332 g/mol. The van der Waals surface area contributed by atoms with Crippen LogP contribution < -0.4 is 22.8 Å². The molecular weight excluding hydrogens is 310 g/mol. The number of hydrogen-bond acceptors (Lipinski definition) is 3. The van der Waals surface area contributed by atoms with Crippen LogP contribution in [-0.4, -0.2) is 10.5 Å². The molecule has 0 bridgehead atoms. The Hall–Kier alpha value is -3.31. The van der Waals surface area contributed by atoms with Gasteiger partial charge in [-0.2, -0.15) is 5.53 Å². The number of nitrogen functional groups attached to an aromatic ring is 1. The number of hydrazone groups is 1. The molecule has 25 heavy (non-hydrogen) atoms. The number of amidine groups is 1. The summed E-state index contributed by atoms with van der Waals surface area (Å²) < 4.78 is 1.67. The molecule has 0 saturated heterocycles. The molecule has 0 saturated carbocycles. The van der Waals surface area contributed by atoms with Crippen LogP contribution in [0.5, 0.6) is 0 Å². The number of anilines is 1. The van der Waals surface area contributed by atoms with E-state index < -0.39 is 0 Å². The summed E-state index contributed by atoms with van der Waals surface area (Å²) in [5.41, 5.74) is 19.8. The van der Waals surface area contributed by atoms with E-state index in [2.05, 4.69) is 5.53 Å². The van der Waals surface area contributed by atoms with Crippen LogP contribution in [0.25, 0.3) is 11.1 Å². The molecule has 3 rings (SSSR count). The molecule has 0 aliphatic carbocycles. The second-order valence-corrected chi connectivity index (χ2v) is 5.75. The molecule has 0 radical (unpaired) electrons. The van der Waals surface area contributed by atoms with Gasteiger partial charge in [0.25, 0.3) is 0 Å². The van der Waals surface area contributed by atoms with E-state index in [0.717, 1.165) is 22.3 Å². The highest BCUT2D eigenvalue weighted by molar-refractivity contribution is 5.99. The van der Waals surface area contributed by atoms with Crippen molar-refractivity contribution in [3.63, 3.8) is 0 Å². The largest absolute Gasteiger partial charge is 0.398 e. The Balaban J connectivity index is 1.94. The molecule has 5 heteroatoms. The van der Waals surface area contributed by atoms with Crippen LogP contribution in [0, 0.1) is 0 Å². The zero-order valence-electron chi connectivity index (χ0n) is 13.9. The topological polar surface area (TPSA) is 93.1 Å². The van der Waals surface area contributed by atoms with Crippen molar-refractivity contribution in [1.82, 2.24) is 5.53 Å². The Labute approximate surface area is 147 Å². The maximum atomic E-state index is 6.31. The van der Waals surface area contributed by atoms with E-state index in [1.807, 2.05) is 78.9 Å². The first-order valence-corrected chi connectivity index (χ1v) is 8.04. The van der Waals surface area contributed by atoms with Crippen molar-refractivity contribution >= 4 is 11.5 Å². The van der Waals surface area contributed by atoms with Crippen molar-refractivity contribution in [2.45, 2.75) is 6.54 Å². The van der Waals surface area contributed by atoms with Gasteiger partial charge in [-0.05, 0) is 28.8 Å². The smallest absolute Gasteiger partial charge is 0.301 e. The third-order valence-electron chi connectivity index (χ3n) is 4.06. The van der Waals surface area contributed by atoms with Crippen LogP contribution in [0.15, 0.2) is 78.9 Å². The first-order valence-electron chi connectivity index (χ1n) is 8.04.